The molecule has 0 unspecified atom stereocenters. The van der Waals surface area contributed by atoms with Crippen LogP contribution in [0.3, 0.4) is 0 Å². The van der Waals surface area contributed by atoms with E-state index in [1.165, 1.54) is 11.3 Å². The molecule has 2 fully saturated rings. The SMILES string of the molecule is CN=C(NCc1ccc(N2CCOCC2)cc1)N1CCSC(C)(C)C1. The Bertz CT molecular complexity index is 582. The number of morpholine rings is 1. The van der Waals surface area contributed by atoms with E-state index < -0.39 is 0 Å². The van der Waals surface area contributed by atoms with Crippen LogP contribution in [0.25, 0.3) is 0 Å². The van der Waals surface area contributed by atoms with Crippen LogP contribution < -0.4 is 10.2 Å². The highest BCUT2D eigenvalue weighted by molar-refractivity contribution is 8.00. The average Bonchev–Trinajstić information content (AvgIpc) is 2.63. The minimum absolute atomic E-state index is 0.287. The van der Waals surface area contributed by atoms with Crippen molar-refractivity contribution in [1.82, 2.24) is 10.2 Å². The summed E-state index contributed by atoms with van der Waals surface area (Å²) in [5, 5.41) is 3.53. The minimum Gasteiger partial charge on any atom is -0.378 e. The number of hydrogen-bond acceptors (Lipinski definition) is 4. The molecule has 0 atom stereocenters. The van der Waals surface area contributed by atoms with Crippen LogP contribution in [0.2, 0.25) is 0 Å². The number of nitrogens with zero attached hydrogens (tertiary/aromatic N) is 3. The van der Waals surface area contributed by atoms with Crippen molar-refractivity contribution in [2.45, 2.75) is 25.1 Å². The third-order valence-corrected chi connectivity index (χ3v) is 6.00. The number of aliphatic imine (C=N–C) groups is 1. The van der Waals surface area contributed by atoms with Gasteiger partial charge in [-0.15, -0.1) is 0 Å². The molecular formula is C19H30N4OS. The number of hydrogen-bond donors (Lipinski definition) is 1. The quantitative estimate of drug-likeness (QED) is 0.661. The van der Waals surface area contributed by atoms with Crippen LogP contribution in [0.1, 0.15) is 19.4 Å². The van der Waals surface area contributed by atoms with Gasteiger partial charge in [0.2, 0.25) is 0 Å². The molecule has 2 heterocycles. The smallest absolute Gasteiger partial charge is 0.193 e. The van der Waals surface area contributed by atoms with Gasteiger partial charge in [0.1, 0.15) is 0 Å². The first-order valence-electron chi connectivity index (χ1n) is 9.09. The number of thioether (sulfide) groups is 1. The van der Waals surface area contributed by atoms with Crippen molar-refractivity contribution in [3.05, 3.63) is 29.8 Å². The predicted molar refractivity (Wildman–Crippen MR) is 108 cm³/mol. The first kappa shape index (κ1) is 18.4. The molecule has 6 heteroatoms. The van der Waals surface area contributed by atoms with E-state index in [9.17, 15) is 0 Å². The molecule has 2 aliphatic heterocycles. The summed E-state index contributed by atoms with van der Waals surface area (Å²) in [7, 11) is 1.87. The van der Waals surface area contributed by atoms with Crippen LogP contribution in [-0.4, -0.2) is 67.8 Å². The molecule has 5 nitrogen and oxygen atoms in total. The van der Waals surface area contributed by atoms with E-state index in [0.29, 0.717) is 0 Å². The fraction of sp³-hybridized carbons (Fsp3) is 0.632. The van der Waals surface area contributed by atoms with E-state index in [1.54, 1.807) is 0 Å². The van der Waals surface area contributed by atoms with Crippen LogP contribution in [-0.2, 0) is 11.3 Å². The van der Waals surface area contributed by atoms with Crippen molar-refractivity contribution in [1.29, 1.82) is 0 Å². The van der Waals surface area contributed by atoms with E-state index in [0.717, 1.165) is 57.6 Å². The third-order valence-electron chi connectivity index (χ3n) is 4.70. The molecule has 2 aliphatic rings. The highest BCUT2D eigenvalue weighted by atomic mass is 32.2. The van der Waals surface area contributed by atoms with Crippen molar-refractivity contribution in [3.8, 4) is 0 Å². The van der Waals surface area contributed by atoms with Crippen LogP contribution in [0.5, 0.6) is 0 Å². The van der Waals surface area contributed by atoms with Crippen LogP contribution in [0.15, 0.2) is 29.3 Å². The van der Waals surface area contributed by atoms with E-state index in [1.807, 2.05) is 18.8 Å². The van der Waals surface area contributed by atoms with Crippen molar-refractivity contribution in [3.63, 3.8) is 0 Å². The van der Waals surface area contributed by atoms with Gasteiger partial charge in [0, 0.05) is 56.0 Å². The third kappa shape index (κ3) is 5.05. The molecule has 0 radical (unpaired) electrons. The second-order valence-electron chi connectivity index (χ2n) is 7.20. The number of rotatable bonds is 3. The zero-order valence-electron chi connectivity index (χ0n) is 15.6. The van der Waals surface area contributed by atoms with Gasteiger partial charge in [-0.3, -0.25) is 4.99 Å². The van der Waals surface area contributed by atoms with Gasteiger partial charge in [-0.25, -0.2) is 0 Å². The predicted octanol–water partition coefficient (Wildman–Crippen LogP) is 2.43. The Balaban J connectivity index is 1.55. The van der Waals surface area contributed by atoms with Gasteiger partial charge < -0.3 is 19.9 Å². The Morgan fingerprint density at radius 2 is 1.92 bits per heavy atom. The molecule has 0 aromatic heterocycles. The van der Waals surface area contributed by atoms with Crippen LogP contribution in [0.4, 0.5) is 5.69 Å². The van der Waals surface area contributed by atoms with Crippen molar-refractivity contribution in [2.75, 3.05) is 57.1 Å². The van der Waals surface area contributed by atoms with Gasteiger partial charge in [-0.2, -0.15) is 11.8 Å². The molecule has 25 heavy (non-hydrogen) atoms. The van der Waals surface area contributed by atoms with E-state index in [-0.39, 0.29) is 4.75 Å². The second-order valence-corrected chi connectivity index (χ2v) is 9.00. The maximum absolute atomic E-state index is 5.42. The van der Waals surface area contributed by atoms with E-state index in [4.69, 9.17) is 4.74 Å². The standard InChI is InChI=1S/C19H30N4OS/c1-19(2)15-23(10-13-25-19)18(20-3)21-14-16-4-6-17(7-5-16)22-8-11-24-12-9-22/h4-7H,8-15H2,1-3H3,(H,20,21). The zero-order valence-corrected chi connectivity index (χ0v) is 16.4. The average molecular weight is 363 g/mol. The first-order chi connectivity index (χ1) is 12.1. The summed E-state index contributed by atoms with van der Waals surface area (Å²) in [6.07, 6.45) is 0. The van der Waals surface area contributed by atoms with Gasteiger partial charge >= 0.3 is 0 Å². The van der Waals surface area contributed by atoms with E-state index in [2.05, 4.69) is 58.2 Å². The molecule has 1 N–H and O–H groups in total. The van der Waals surface area contributed by atoms with Gasteiger partial charge in [-0.05, 0) is 31.5 Å². The fourth-order valence-corrected chi connectivity index (χ4v) is 4.47. The van der Waals surface area contributed by atoms with Crippen molar-refractivity contribution < 1.29 is 4.74 Å². The molecule has 0 amide bonds. The number of nitrogens with one attached hydrogen (secondary N) is 1. The monoisotopic (exact) mass is 362 g/mol. The van der Waals surface area contributed by atoms with Gasteiger partial charge in [0.05, 0.1) is 13.2 Å². The molecular weight excluding hydrogens is 332 g/mol. The number of anilines is 1. The second kappa shape index (κ2) is 8.32. The molecule has 0 bridgehead atoms. The number of guanidine groups is 1. The Hall–Kier alpha value is -1.40. The van der Waals surface area contributed by atoms with Crippen LogP contribution in [0, 0.1) is 0 Å². The first-order valence-corrected chi connectivity index (χ1v) is 10.1. The van der Waals surface area contributed by atoms with Gasteiger partial charge in [0.25, 0.3) is 0 Å². The summed E-state index contributed by atoms with van der Waals surface area (Å²) in [6, 6.07) is 8.85. The van der Waals surface area contributed by atoms with Crippen LogP contribution >= 0.6 is 11.8 Å². The Kier molecular flexibility index (Phi) is 6.12. The van der Waals surface area contributed by atoms with Gasteiger partial charge in [0.15, 0.2) is 5.96 Å². The molecule has 1 aromatic rings. The van der Waals surface area contributed by atoms with Crippen molar-refractivity contribution in [2.24, 2.45) is 4.99 Å². The zero-order chi connectivity index (χ0) is 17.7. The lowest BCUT2D eigenvalue weighted by Crippen LogP contribution is -2.50. The summed E-state index contributed by atoms with van der Waals surface area (Å²) in [4.78, 5) is 9.24. The lowest BCUT2D eigenvalue weighted by atomic mass is 10.2. The summed E-state index contributed by atoms with van der Waals surface area (Å²) in [5.74, 6) is 2.16. The fourth-order valence-electron chi connectivity index (χ4n) is 3.36. The minimum atomic E-state index is 0.287. The number of ether oxygens (including phenoxy) is 1. The summed E-state index contributed by atoms with van der Waals surface area (Å²) in [5.41, 5.74) is 2.56. The highest BCUT2D eigenvalue weighted by Gasteiger charge is 2.28. The Morgan fingerprint density at radius 1 is 1.20 bits per heavy atom. The normalized spacial score (nSPS) is 21.3. The van der Waals surface area contributed by atoms with Gasteiger partial charge in [-0.1, -0.05) is 12.1 Å². The Morgan fingerprint density at radius 3 is 2.56 bits per heavy atom. The lowest BCUT2D eigenvalue weighted by Gasteiger charge is -2.39. The molecule has 2 saturated heterocycles. The molecule has 1 aromatic carbocycles. The summed E-state index contributed by atoms with van der Waals surface area (Å²) < 4.78 is 5.71. The lowest BCUT2D eigenvalue weighted by molar-refractivity contribution is 0.122. The largest absolute Gasteiger partial charge is 0.378 e. The molecule has 138 valence electrons. The molecule has 0 spiro atoms. The summed E-state index contributed by atoms with van der Waals surface area (Å²) in [6.45, 7) is 11.1. The van der Waals surface area contributed by atoms with Crippen molar-refractivity contribution >= 4 is 23.4 Å². The Labute approximate surface area is 155 Å². The molecule has 3 rings (SSSR count). The van der Waals surface area contributed by atoms with E-state index >= 15 is 0 Å². The topological polar surface area (TPSA) is 40.1 Å². The summed E-state index contributed by atoms with van der Waals surface area (Å²) >= 11 is 2.04. The highest BCUT2D eigenvalue weighted by Crippen LogP contribution is 2.29. The maximum atomic E-state index is 5.42. The number of benzene rings is 1. The maximum Gasteiger partial charge on any atom is 0.193 e. The molecule has 0 saturated carbocycles. The molecule has 0 aliphatic carbocycles.